The van der Waals surface area contributed by atoms with E-state index in [1.165, 1.54) is 6.08 Å². The fourth-order valence-corrected chi connectivity index (χ4v) is 1.53. The van der Waals surface area contributed by atoms with E-state index in [9.17, 15) is 4.79 Å². The second kappa shape index (κ2) is 6.90. The molecule has 0 radical (unpaired) electrons. The van der Waals surface area contributed by atoms with Crippen molar-refractivity contribution in [2.24, 2.45) is 0 Å². The molecule has 7 heteroatoms. The summed E-state index contributed by atoms with van der Waals surface area (Å²) in [7, 11) is 3.57. The summed E-state index contributed by atoms with van der Waals surface area (Å²) in [5.74, 6) is 0.180. The highest BCUT2D eigenvalue weighted by atomic mass is 35.5. The van der Waals surface area contributed by atoms with Crippen LogP contribution in [0.25, 0.3) is 6.08 Å². The van der Waals surface area contributed by atoms with Crippen LogP contribution in [0.4, 0.5) is 5.95 Å². The van der Waals surface area contributed by atoms with Gasteiger partial charge in [0.15, 0.2) is 6.61 Å². The number of carbonyl (C=O) groups excluding carboxylic acids is 1. The van der Waals surface area contributed by atoms with Gasteiger partial charge in [-0.3, -0.25) is 0 Å². The summed E-state index contributed by atoms with van der Waals surface area (Å²) in [4.78, 5) is 17.3. The Morgan fingerprint density at radius 1 is 1.38 bits per heavy atom. The molecule has 0 saturated carbocycles. The molecule has 2 rings (SSSR count). The topological polar surface area (TPSA) is 68.5 Å². The molecule has 2 aromatic rings. The van der Waals surface area contributed by atoms with Gasteiger partial charge in [0.25, 0.3) is 11.8 Å². The van der Waals surface area contributed by atoms with Gasteiger partial charge in [0.2, 0.25) is 0 Å². The number of aromatic nitrogens is 2. The smallest absolute Gasteiger partial charge is 0.331 e. The summed E-state index contributed by atoms with van der Waals surface area (Å²) in [6.45, 7) is -0.0649. The quantitative estimate of drug-likeness (QED) is 0.624. The number of benzene rings is 1. The maximum Gasteiger partial charge on any atom is 0.331 e. The lowest BCUT2D eigenvalue weighted by Gasteiger charge is -2.02. The molecule has 0 aliphatic rings. The zero-order valence-corrected chi connectivity index (χ0v) is 12.4. The van der Waals surface area contributed by atoms with Crippen molar-refractivity contribution in [3.63, 3.8) is 0 Å². The molecule has 0 bridgehead atoms. The molecule has 0 saturated heterocycles. The Kier molecular flexibility index (Phi) is 4.94. The summed E-state index contributed by atoms with van der Waals surface area (Å²) >= 11 is 5.77. The number of esters is 1. The van der Waals surface area contributed by atoms with Crippen LogP contribution in [0, 0.1) is 0 Å². The van der Waals surface area contributed by atoms with Crippen molar-refractivity contribution < 1.29 is 14.1 Å². The van der Waals surface area contributed by atoms with E-state index in [0.717, 1.165) is 5.56 Å². The van der Waals surface area contributed by atoms with Gasteiger partial charge < -0.3 is 14.2 Å². The van der Waals surface area contributed by atoms with E-state index in [-0.39, 0.29) is 12.5 Å². The van der Waals surface area contributed by atoms with Gasteiger partial charge in [0.05, 0.1) is 0 Å². The van der Waals surface area contributed by atoms with E-state index < -0.39 is 5.97 Å². The van der Waals surface area contributed by atoms with Crippen LogP contribution in [-0.2, 0) is 16.1 Å². The van der Waals surface area contributed by atoms with Gasteiger partial charge >= 0.3 is 5.97 Å². The molecule has 110 valence electrons. The molecule has 0 unspecified atom stereocenters. The lowest BCUT2D eigenvalue weighted by atomic mass is 10.2. The van der Waals surface area contributed by atoms with Gasteiger partial charge in [-0.2, -0.15) is 4.98 Å². The third-order valence-corrected chi connectivity index (χ3v) is 2.73. The average molecular weight is 308 g/mol. The number of hydrogen-bond donors (Lipinski definition) is 0. The number of halogens is 1. The normalized spacial score (nSPS) is 10.8. The summed E-state index contributed by atoms with van der Waals surface area (Å²) in [5, 5.41) is 4.35. The maximum absolute atomic E-state index is 11.6. The largest absolute Gasteiger partial charge is 0.452 e. The first-order valence-electron chi connectivity index (χ1n) is 6.15. The molecule has 6 nitrogen and oxygen atoms in total. The standard InChI is InChI=1S/C14H14ClN3O3/c1-18(2)14-16-12(21-17-14)9-20-13(19)8-5-10-3-6-11(15)7-4-10/h3-8H,9H2,1-2H3. The summed E-state index contributed by atoms with van der Waals surface area (Å²) in [6.07, 6.45) is 2.96. The average Bonchev–Trinajstić information content (AvgIpc) is 2.93. The molecule has 21 heavy (non-hydrogen) atoms. The second-order valence-corrected chi connectivity index (χ2v) is 4.81. The van der Waals surface area contributed by atoms with Crippen LogP contribution in [0.5, 0.6) is 0 Å². The van der Waals surface area contributed by atoms with E-state index in [0.29, 0.717) is 11.0 Å². The number of anilines is 1. The molecular weight excluding hydrogens is 294 g/mol. The summed E-state index contributed by atoms with van der Waals surface area (Å²) in [5.41, 5.74) is 0.851. The molecule has 0 N–H and O–H groups in total. The Bertz CT molecular complexity index is 635. The monoisotopic (exact) mass is 307 g/mol. The van der Waals surface area contributed by atoms with Crippen LogP contribution in [-0.4, -0.2) is 30.2 Å². The third-order valence-electron chi connectivity index (χ3n) is 2.48. The number of hydrogen-bond acceptors (Lipinski definition) is 6. The molecule has 0 spiro atoms. The van der Waals surface area contributed by atoms with Crippen LogP contribution in [0.1, 0.15) is 11.5 Å². The Morgan fingerprint density at radius 2 is 2.10 bits per heavy atom. The first-order chi connectivity index (χ1) is 10.0. The van der Waals surface area contributed by atoms with Gasteiger partial charge in [-0.05, 0) is 28.9 Å². The van der Waals surface area contributed by atoms with E-state index in [2.05, 4.69) is 10.1 Å². The SMILES string of the molecule is CN(C)c1noc(COC(=O)C=Cc2ccc(Cl)cc2)n1. The highest BCUT2D eigenvalue weighted by Crippen LogP contribution is 2.11. The van der Waals surface area contributed by atoms with E-state index in [1.807, 2.05) is 0 Å². The zero-order chi connectivity index (χ0) is 15.2. The van der Waals surface area contributed by atoms with Crippen molar-refractivity contribution in [2.45, 2.75) is 6.61 Å². The minimum Gasteiger partial charge on any atom is -0.452 e. The lowest BCUT2D eigenvalue weighted by Crippen LogP contribution is -2.10. The maximum atomic E-state index is 11.6. The Labute approximate surface area is 127 Å². The number of rotatable bonds is 5. The highest BCUT2D eigenvalue weighted by molar-refractivity contribution is 6.30. The van der Waals surface area contributed by atoms with E-state index >= 15 is 0 Å². The van der Waals surface area contributed by atoms with Gasteiger partial charge in [0, 0.05) is 25.2 Å². The van der Waals surface area contributed by atoms with Crippen molar-refractivity contribution in [2.75, 3.05) is 19.0 Å². The summed E-state index contributed by atoms with van der Waals surface area (Å²) < 4.78 is 9.93. The van der Waals surface area contributed by atoms with Crippen LogP contribution < -0.4 is 4.90 Å². The molecule has 0 aliphatic heterocycles. The van der Waals surface area contributed by atoms with Crippen molar-refractivity contribution in [3.8, 4) is 0 Å². The lowest BCUT2D eigenvalue weighted by molar-refractivity contribution is -0.139. The second-order valence-electron chi connectivity index (χ2n) is 4.38. The predicted octanol–water partition coefficient (Wildman–Crippen LogP) is 2.55. The minimum atomic E-state index is -0.491. The first-order valence-corrected chi connectivity index (χ1v) is 6.53. The fourth-order valence-electron chi connectivity index (χ4n) is 1.41. The van der Waals surface area contributed by atoms with E-state index in [1.54, 1.807) is 49.3 Å². The first kappa shape index (κ1) is 15.1. The molecular formula is C14H14ClN3O3. The Hall–Kier alpha value is -2.34. The Morgan fingerprint density at radius 3 is 2.71 bits per heavy atom. The van der Waals surface area contributed by atoms with Gasteiger partial charge in [0.1, 0.15) is 0 Å². The fraction of sp³-hybridized carbons (Fsp3) is 0.214. The number of nitrogens with zero attached hydrogens (tertiary/aromatic N) is 3. The number of carbonyl (C=O) groups is 1. The molecule has 1 heterocycles. The summed E-state index contributed by atoms with van der Waals surface area (Å²) in [6, 6.07) is 7.09. The van der Waals surface area contributed by atoms with Crippen molar-refractivity contribution in [1.29, 1.82) is 0 Å². The highest BCUT2D eigenvalue weighted by Gasteiger charge is 2.09. The molecule has 0 aliphatic carbocycles. The van der Waals surface area contributed by atoms with Crippen LogP contribution >= 0.6 is 11.6 Å². The molecule has 1 aromatic carbocycles. The number of ether oxygens (including phenoxy) is 1. The molecule has 0 atom stereocenters. The minimum absolute atomic E-state index is 0.0649. The van der Waals surface area contributed by atoms with Crippen molar-refractivity contribution in [3.05, 3.63) is 46.8 Å². The molecule has 1 aromatic heterocycles. The van der Waals surface area contributed by atoms with Crippen LogP contribution in [0.2, 0.25) is 5.02 Å². The van der Waals surface area contributed by atoms with Crippen molar-refractivity contribution in [1.82, 2.24) is 10.1 Å². The Balaban J connectivity index is 1.85. The third kappa shape index (κ3) is 4.61. The van der Waals surface area contributed by atoms with Gasteiger partial charge in [-0.25, -0.2) is 4.79 Å². The van der Waals surface area contributed by atoms with Crippen LogP contribution in [0.3, 0.4) is 0 Å². The van der Waals surface area contributed by atoms with Crippen LogP contribution in [0.15, 0.2) is 34.9 Å². The van der Waals surface area contributed by atoms with E-state index in [4.69, 9.17) is 20.9 Å². The van der Waals surface area contributed by atoms with Gasteiger partial charge in [-0.1, -0.05) is 23.7 Å². The molecule has 0 amide bonds. The predicted molar refractivity (Wildman–Crippen MR) is 78.9 cm³/mol. The zero-order valence-electron chi connectivity index (χ0n) is 11.6. The van der Waals surface area contributed by atoms with Gasteiger partial charge in [-0.15, -0.1) is 0 Å². The molecule has 0 fully saturated rings. The van der Waals surface area contributed by atoms with Crippen molar-refractivity contribution >= 4 is 29.6 Å².